The van der Waals surface area contributed by atoms with Gasteiger partial charge in [0, 0.05) is 19.5 Å². The van der Waals surface area contributed by atoms with Crippen molar-refractivity contribution in [3.05, 3.63) is 12.2 Å². The molecule has 1 fully saturated rings. The van der Waals surface area contributed by atoms with Crippen molar-refractivity contribution in [3.63, 3.8) is 0 Å². The molecule has 1 aliphatic rings. The standard InChI is InChI=1S/C12H18N4O4/c17-11(18)2-1-9-3-5-16(6-4-9)12(19)13-7-10-14-8-20-15-10/h8-9H,1-7H2,(H,13,19)(H,17,18). The van der Waals surface area contributed by atoms with Gasteiger partial charge < -0.3 is 19.8 Å². The molecule has 0 saturated carbocycles. The molecule has 0 bridgehead atoms. The normalized spacial score (nSPS) is 16.1. The molecule has 20 heavy (non-hydrogen) atoms. The lowest BCUT2D eigenvalue weighted by Gasteiger charge is -2.31. The van der Waals surface area contributed by atoms with Gasteiger partial charge in [0.2, 0.25) is 6.39 Å². The van der Waals surface area contributed by atoms with Crippen molar-refractivity contribution in [2.45, 2.75) is 32.2 Å². The van der Waals surface area contributed by atoms with Gasteiger partial charge >= 0.3 is 12.0 Å². The first-order valence-electron chi connectivity index (χ1n) is 6.65. The Kier molecular flexibility index (Phi) is 4.91. The first kappa shape index (κ1) is 14.3. The summed E-state index contributed by atoms with van der Waals surface area (Å²) in [5.41, 5.74) is 0. The largest absolute Gasteiger partial charge is 0.481 e. The number of aromatic nitrogens is 2. The highest BCUT2D eigenvalue weighted by Crippen LogP contribution is 2.21. The van der Waals surface area contributed by atoms with Gasteiger partial charge in [0.15, 0.2) is 5.82 Å². The lowest BCUT2D eigenvalue weighted by Crippen LogP contribution is -2.44. The summed E-state index contributed by atoms with van der Waals surface area (Å²) in [5.74, 6) is 0.0762. The number of carboxylic acids is 1. The number of hydrogen-bond acceptors (Lipinski definition) is 5. The maximum Gasteiger partial charge on any atom is 0.317 e. The Labute approximate surface area is 116 Å². The summed E-state index contributed by atoms with van der Waals surface area (Å²) in [7, 11) is 0. The highest BCUT2D eigenvalue weighted by Gasteiger charge is 2.23. The smallest absolute Gasteiger partial charge is 0.317 e. The minimum atomic E-state index is -0.759. The minimum absolute atomic E-state index is 0.147. The third kappa shape index (κ3) is 4.22. The van der Waals surface area contributed by atoms with Crippen molar-refractivity contribution in [2.24, 2.45) is 5.92 Å². The van der Waals surface area contributed by atoms with Gasteiger partial charge in [0.05, 0.1) is 6.54 Å². The number of hydrogen-bond donors (Lipinski definition) is 2. The van der Waals surface area contributed by atoms with E-state index >= 15 is 0 Å². The Morgan fingerprint density at radius 2 is 2.20 bits per heavy atom. The van der Waals surface area contributed by atoms with Crippen molar-refractivity contribution >= 4 is 12.0 Å². The topological polar surface area (TPSA) is 109 Å². The van der Waals surface area contributed by atoms with Crippen LogP contribution in [0.2, 0.25) is 0 Å². The molecular formula is C12H18N4O4. The van der Waals surface area contributed by atoms with Gasteiger partial charge in [0.1, 0.15) is 0 Å². The molecule has 0 aliphatic carbocycles. The number of piperidine rings is 1. The molecule has 1 aromatic rings. The number of rotatable bonds is 5. The summed E-state index contributed by atoms with van der Waals surface area (Å²) in [6.07, 6.45) is 3.81. The van der Waals surface area contributed by atoms with Gasteiger partial charge in [-0.1, -0.05) is 5.16 Å². The first-order chi connectivity index (χ1) is 9.65. The van der Waals surface area contributed by atoms with Crippen molar-refractivity contribution in [1.29, 1.82) is 0 Å². The summed E-state index contributed by atoms with van der Waals surface area (Å²) in [6.45, 7) is 1.55. The van der Waals surface area contributed by atoms with Crippen LogP contribution in [0.5, 0.6) is 0 Å². The fraction of sp³-hybridized carbons (Fsp3) is 0.667. The zero-order valence-electron chi connectivity index (χ0n) is 11.1. The second-order valence-electron chi connectivity index (χ2n) is 4.87. The molecule has 2 amide bonds. The molecule has 0 unspecified atom stereocenters. The number of urea groups is 1. The van der Waals surface area contributed by atoms with E-state index in [0.717, 1.165) is 12.8 Å². The Morgan fingerprint density at radius 3 is 2.80 bits per heavy atom. The van der Waals surface area contributed by atoms with Crippen LogP contribution in [0.25, 0.3) is 0 Å². The van der Waals surface area contributed by atoms with Crippen LogP contribution in [-0.2, 0) is 11.3 Å². The summed E-state index contributed by atoms with van der Waals surface area (Å²) in [4.78, 5) is 28.0. The van der Waals surface area contributed by atoms with Gasteiger partial charge in [0.25, 0.3) is 0 Å². The lowest BCUT2D eigenvalue weighted by molar-refractivity contribution is -0.137. The Hall–Kier alpha value is -2.12. The van der Waals surface area contributed by atoms with Crippen molar-refractivity contribution in [3.8, 4) is 0 Å². The predicted octanol–water partition coefficient (Wildman–Crippen LogP) is 0.856. The zero-order chi connectivity index (χ0) is 14.4. The molecule has 8 heteroatoms. The fourth-order valence-corrected chi connectivity index (χ4v) is 2.29. The van der Waals surface area contributed by atoms with Crippen LogP contribution < -0.4 is 5.32 Å². The van der Waals surface area contributed by atoms with E-state index in [0.29, 0.717) is 31.3 Å². The summed E-state index contributed by atoms with van der Waals surface area (Å²) >= 11 is 0. The SMILES string of the molecule is O=C(O)CCC1CCN(C(=O)NCc2ncon2)CC1. The fourth-order valence-electron chi connectivity index (χ4n) is 2.29. The molecule has 110 valence electrons. The molecule has 0 aromatic carbocycles. The number of aliphatic carboxylic acids is 1. The summed E-state index contributed by atoms with van der Waals surface area (Å²) < 4.78 is 4.58. The molecule has 0 spiro atoms. The van der Waals surface area contributed by atoms with Crippen LogP contribution in [-0.4, -0.2) is 45.2 Å². The molecule has 0 radical (unpaired) electrons. The Bertz CT molecular complexity index is 440. The van der Waals surface area contributed by atoms with Crippen molar-refractivity contribution in [2.75, 3.05) is 13.1 Å². The van der Waals surface area contributed by atoms with Gasteiger partial charge in [-0.05, 0) is 25.2 Å². The molecular weight excluding hydrogens is 264 g/mol. The highest BCUT2D eigenvalue weighted by molar-refractivity contribution is 5.74. The molecule has 2 heterocycles. The molecule has 1 aromatic heterocycles. The van der Waals surface area contributed by atoms with E-state index in [1.165, 1.54) is 6.39 Å². The molecule has 2 rings (SSSR count). The molecule has 1 saturated heterocycles. The first-order valence-corrected chi connectivity index (χ1v) is 6.65. The number of likely N-dealkylation sites (tertiary alicyclic amines) is 1. The predicted molar refractivity (Wildman–Crippen MR) is 67.7 cm³/mol. The Morgan fingerprint density at radius 1 is 1.45 bits per heavy atom. The average molecular weight is 282 g/mol. The third-order valence-electron chi connectivity index (χ3n) is 3.47. The Balaban J connectivity index is 1.67. The second-order valence-corrected chi connectivity index (χ2v) is 4.87. The average Bonchev–Trinajstić information content (AvgIpc) is 2.96. The van der Waals surface area contributed by atoms with E-state index in [4.69, 9.17) is 5.11 Å². The number of nitrogens with zero attached hydrogens (tertiary/aromatic N) is 3. The highest BCUT2D eigenvalue weighted by atomic mass is 16.5. The van der Waals surface area contributed by atoms with Crippen LogP contribution >= 0.6 is 0 Å². The number of amides is 2. The number of nitrogens with one attached hydrogen (secondary N) is 1. The van der Waals surface area contributed by atoms with Gasteiger partial charge in [-0.15, -0.1) is 0 Å². The summed E-state index contributed by atoms with van der Waals surface area (Å²) in [5, 5.41) is 15.0. The second kappa shape index (κ2) is 6.88. The van der Waals surface area contributed by atoms with E-state index in [2.05, 4.69) is 20.0 Å². The van der Waals surface area contributed by atoms with E-state index in [9.17, 15) is 9.59 Å². The molecule has 1 aliphatic heterocycles. The molecule has 0 atom stereocenters. The maximum atomic E-state index is 11.9. The quantitative estimate of drug-likeness (QED) is 0.829. The van der Waals surface area contributed by atoms with Crippen molar-refractivity contribution < 1.29 is 19.2 Å². The van der Waals surface area contributed by atoms with Crippen LogP contribution in [0.15, 0.2) is 10.9 Å². The minimum Gasteiger partial charge on any atom is -0.481 e. The number of carbonyl (C=O) groups is 2. The number of carbonyl (C=O) groups excluding carboxylic acids is 1. The van der Waals surface area contributed by atoms with Crippen molar-refractivity contribution in [1.82, 2.24) is 20.4 Å². The molecule has 8 nitrogen and oxygen atoms in total. The zero-order valence-corrected chi connectivity index (χ0v) is 11.1. The maximum absolute atomic E-state index is 11.9. The van der Waals surface area contributed by atoms with E-state index in [1.807, 2.05) is 0 Å². The summed E-state index contributed by atoms with van der Waals surface area (Å²) in [6, 6.07) is -0.147. The van der Waals surface area contributed by atoms with E-state index in [1.54, 1.807) is 4.90 Å². The van der Waals surface area contributed by atoms with Crippen LogP contribution in [0.3, 0.4) is 0 Å². The monoisotopic (exact) mass is 282 g/mol. The van der Waals surface area contributed by atoms with Gasteiger partial charge in [-0.2, -0.15) is 4.98 Å². The molecule has 2 N–H and O–H groups in total. The van der Waals surface area contributed by atoms with Gasteiger partial charge in [-0.25, -0.2) is 4.79 Å². The van der Waals surface area contributed by atoms with Crippen LogP contribution in [0.4, 0.5) is 4.79 Å². The van der Waals surface area contributed by atoms with Crippen LogP contribution in [0, 0.1) is 5.92 Å². The van der Waals surface area contributed by atoms with Crippen LogP contribution in [0.1, 0.15) is 31.5 Å². The third-order valence-corrected chi connectivity index (χ3v) is 3.47. The number of carboxylic acid groups (broad SMARTS) is 1. The van der Waals surface area contributed by atoms with E-state index < -0.39 is 5.97 Å². The van der Waals surface area contributed by atoms with Gasteiger partial charge in [-0.3, -0.25) is 4.79 Å². The van der Waals surface area contributed by atoms with E-state index in [-0.39, 0.29) is 19.0 Å². The lowest BCUT2D eigenvalue weighted by atomic mass is 9.92.